The van der Waals surface area contributed by atoms with E-state index in [9.17, 15) is 9.18 Å². The molecule has 0 saturated carbocycles. The number of nitrogens with zero attached hydrogens (tertiary/aromatic N) is 1. The lowest BCUT2D eigenvalue weighted by Crippen LogP contribution is -2.22. The third-order valence-corrected chi connectivity index (χ3v) is 3.89. The zero-order chi connectivity index (χ0) is 15.4. The highest BCUT2D eigenvalue weighted by molar-refractivity contribution is 5.95. The number of hydrogen-bond acceptors (Lipinski definition) is 2. The van der Waals surface area contributed by atoms with Crippen molar-refractivity contribution in [1.29, 1.82) is 0 Å². The molecular weight excluding hydrogens is 279 g/mol. The molecule has 22 heavy (non-hydrogen) atoms. The number of carbonyl (C=O) groups excluding carboxylic acids is 1. The maximum Gasteiger partial charge on any atom is 0.228 e. The zero-order valence-corrected chi connectivity index (χ0v) is 12.4. The first-order valence-corrected chi connectivity index (χ1v) is 7.60. The van der Waals surface area contributed by atoms with E-state index in [0.717, 1.165) is 37.2 Å². The molecule has 0 unspecified atom stereocenters. The Labute approximate surface area is 129 Å². The van der Waals surface area contributed by atoms with Gasteiger partial charge in [0.2, 0.25) is 5.91 Å². The van der Waals surface area contributed by atoms with E-state index < -0.39 is 0 Å². The fourth-order valence-electron chi connectivity index (χ4n) is 2.82. The highest BCUT2D eigenvalue weighted by atomic mass is 19.1. The fraction of sp³-hybridized carbons (Fsp3) is 0.278. The molecule has 2 aromatic rings. The Balaban J connectivity index is 1.76. The van der Waals surface area contributed by atoms with Crippen LogP contribution in [0.2, 0.25) is 0 Å². The number of rotatable bonds is 4. The molecule has 3 nitrogen and oxygen atoms in total. The molecule has 0 aliphatic carbocycles. The fourth-order valence-corrected chi connectivity index (χ4v) is 2.82. The molecule has 1 aliphatic rings. The van der Waals surface area contributed by atoms with Gasteiger partial charge in [0.1, 0.15) is 5.82 Å². The van der Waals surface area contributed by atoms with E-state index in [-0.39, 0.29) is 18.1 Å². The van der Waals surface area contributed by atoms with E-state index in [1.54, 1.807) is 6.07 Å². The zero-order valence-electron chi connectivity index (χ0n) is 12.4. The van der Waals surface area contributed by atoms with Crippen molar-refractivity contribution >= 4 is 17.3 Å². The van der Waals surface area contributed by atoms with Gasteiger partial charge in [0.15, 0.2) is 0 Å². The quantitative estimate of drug-likeness (QED) is 0.935. The van der Waals surface area contributed by atoms with Gasteiger partial charge in [0.25, 0.3) is 0 Å². The summed E-state index contributed by atoms with van der Waals surface area (Å²) >= 11 is 0. The average molecular weight is 298 g/mol. The standard InChI is InChI=1S/C18H19FN2O/c19-15-8-9-17(21-10-4-5-11-21)16(13-15)20-18(22)12-14-6-2-1-3-7-14/h1-3,6-9,13H,4-5,10-12H2,(H,20,22). The maximum atomic E-state index is 13.5. The van der Waals surface area contributed by atoms with E-state index >= 15 is 0 Å². The molecule has 1 amide bonds. The minimum Gasteiger partial charge on any atom is -0.370 e. The number of amides is 1. The Morgan fingerprint density at radius 2 is 1.82 bits per heavy atom. The Bertz CT molecular complexity index is 651. The number of nitrogens with one attached hydrogen (secondary N) is 1. The molecule has 1 aliphatic heterocycles. The molecule has 0 bridgehead atoms. The highest BCUT2D eigenvalue weighted by Gasteiger charge is 2.17. The Morgan fingerprint density at radius 3 is 2.55 bits per heavy atom. The summed E-state index contributed by atoms with van der Waals surface area (Å²) in [6, 6.07) is 14.1. The van der Waals surface area contributed by atoms with Crippen LogP contribution < -0.4 is 10.2 Å². The predicted octanol–water partition coefficient (Wildman–Crippen LogP) is 3.61. The lowest BCUT2D eigenvalue weighted by Gasteiger charge is -2.21. The van der Waals surface area contributed by atoms with Gasteiger partial charge in [-0.05, 0) is 36.6 Å². The van der Waals surface area contributed by atoms with Gasteiger partial charge in [-0.15, -0.1) is 0 Å². The van der Waals surface area contributed by atoms with Gasteiger partial charge in [-0.2, -0.15) is 0 Å². The van der Waals surface area contributed by atoms with Crippen molar-refractivity contribution in [3.63, 3.8) is 0 Å². The van der Waals surface area contributed by atoms with Crippen molar-refractivity contribution in [3.05, 3.63) is 59.9 Å². The molecular formula is C18H19FN2O. The van der Waals surface area contributed by atoms with Crippen molar-refractivity contribution in [2.45, 2.75) is 19.3 Å². The first-order valence-electron chi connectivity index (χ1n) is 7.60. The van der Waals surface area contributed by atoms with Crippen LogP contribution in [0.4, 0.5) is 15.8 Å². The Morgan fingerprint density at radius 1 is 1.09 bits per heavy atom. The van der Waals surface area contributed by atoms with Crippen LogP contribution in [0.3, 0.4) is 0 Å². The summed E-state index contributed by atoms with van der Waals surface area (Å²) in [5.74, 6) is -0.463. The molecule has 4 heteroatoms. The van der Waals surface area contributed by atoms with Gasteiger partial charge in [-0.1, -0.05) is 30.3 Å². The van der Waals surface area contributed by atoms with Crippen LogP contribution in [-0.4, -0.2) is 19.0 Å². The molecule has 1 fully saturated rings. The highest BCUT2D eigenvalue weighted by Crippen LogP contribution is 2.29. The number of benzene rings is 2. The number of hydrogen-bond donors (Lipinski definition) is 1. The monoisotopic (exact) mass is 298 g/mol. The van der Waals surface area contributed by atoms with Gasteiger partial charge >= 0.3 is 0 Å². The van der Waals surface area contributed by atoms with E-state index in [4.69, 9.17) is 0 Å². The number of carbonyl (C=O) groups is 1. The molecule has 2 aromatic carbocycles. The molecule has 0 spiro atoms. The van der Waals surface area contributed by atoms with Crippen molar-refractivity contribution in [2.24, 2.45) is 0 Å². The normalized spacial score (nSPS) is 14.1. The van der Waals surface area contributed by atoms with Crippen LogP contribution in [-0.2, 0) is 11.2 Å². The van der Waals surface area contributed by atoms with Gasteiger partial charge in [0.05, 0.1) is 17.8 Å². The van der Waals surface area contributed by atoms with Crippen LogP contribution in [0.15, 0.2) is 48.5 Å². The van der Waals surface area contributed by atoms with Crippen LogP contribution in [0.1, 0.15) is 18.4 Å². The number of anilines is 2. The molecule has 0 radical (unpaired) electrons. The van der Waals surface area contributed by atoms with Gasteiger partial charge in [0, 0.05) is 13.1 Å². The summed E-state index contributed by atoms with van der Waals surface area (Å²) < 4.78 is 13.5. The first kappa shape index (κ1) is 14.6. The molecule has 114 valence electrons. The second-order valence-corrected chi connectivity index (χ2v) is 5.57. The van der Waals surface area contributed by atoms with Gasteiger partial charge in [-0.3, -0.25) is 4.79 Å². The lowest BCUT2D eigenvalue weighted by atomic mass is 10.1. The predicted molar refractivity (Wildman–Crippen MR) is 86.6 cm³/mol. The van der Waals surface area contributed by atoms with Crippen LogP contribution in [0, 0.1) is 5.82 Å². The summed E-state index contributed by atoms with van der Waals surface area (Å²) in [5, 5.41) is 2.86. The third-order valence-electron chi connectivity index (χ3n) is 3.89. The largest absolute Gasteiger partial charge is 0.370 e. The third kappa shape index (κ3) is 3.45. The summed E-state index contributed by atoms with van der Waals surface area (Å²) in [6.45, 7) is 1.90. The SMILES string of the molecule is O=C(Cc1ccccc1)Nc1cc(F)ccc1N1CCCC1. The van der Waals surface area contributed by atoms with E-state index in [0.29, 0.717) is 5.69 Å². The first-order chi connectivity index (χ1) is 10.7. The van der Waals surface area contributed by atoms with Crippen molar-refractivity contribution in [2.75, 3.05) is 23.3 Å². The topological polar surface area (TPSA) is 32.3 Å². The van der Waals surface area contributed by atoms with E-state index in [1.165, 1.54) is 12.1 Å². The molecule has 0 aromatic heterocycles. The van der Waals surface area contributed by atoms with Crippen LogP contribution in [0.25, 0.3) is 0 Å². The second-order valence-electron chi connectivity index (χ2n) is 5.57. The van der Waals surface area contributed by atoms with Crippen molar-refractivity contribution in [3.8, 4) is 0 Å². The van der Waals surface area contributed by atoms with E-state index in [2.05, 4.69) is 10.2 Å². The Kier molecular flexibility index (Phi) is 4.37. The lowest BCUT2D eigenvalue weighted by molar-refractivity contribution is -0.115. The van der Waals surface area contributed by atoms with Crippen LogP contribution >= 0.6 is 0 Å². The molecule has 1 heterocycles. The summed E-state index contributed by atoms with van der Waals surface area (Å²) in [6.07, 6.45) is 2.56. The minimum atomic E-state index is -0.335. The smallest absolute Gasteiger partial charge is 0.228 e. The second kappa shape index (κ2) is 6.60. The maximum absolute atomic E-state index is 13.5. The van der Waals surface area contributed by atoms with Gasteiger partial charge in [-0.25, -0.2) is 4.39 Å². The summed E-state index contributed by atoms with van der Waals surface area (Å²) in [4.78, 5) is 14.4. The van der Waals surface area contributed by atoms with Crippen molar-refractivity contribution in [1.82, 2.24) is 0 Å². The van der Waals surface area contributed by atoms with Crippen LogP contribution in [0.5, 0.6) is 0 Å². The molecule has 3 rings (SSSR count). The summed E-state index contributed by atoms with van der Waals surface area (Å²) in [5.41, 5.74) is 2.40. The van der Waals surface area contributed by atoms with Crippen molar-refractivity contribution < 1.29 is 9.18 Å². The van der Waals surface area contributed by atoms with Gasteiger partial charge < -0.3 is 10.2 Å². The Hall–Kier alpha value is -2.36. The molecule has 1 N–H and O–H groups in total. The van der Waals surface area contributed by atoms with E-state index in [1.807, 2.05) is 30.3 Å². The average Bonchev–Trinajstić information content (AvgIpc) is 3.02. The number of halogens is 1. The summed E-state index contributed by atoms with van der Waals surface area (Å²) in [7, 11) is 0. The molecule has 0 atom stereocenters. The molecule has 1 saturated heterocycles. The minimum absolute atomic E-state index is 0.128.